The van der Waals surface area contributed by atoms with Crippen LogP contribution in [0.2, 0.25) is 0 Å². The van der Waals surface area contributed by atoms with Crippen LogP contribution in [0.4, 0.5) is 0 Å². The zero-order chi connectivity index (χ0) is 12.4. The van der Waals surface area contributed by atoms with Crippen LogP contribution in [0, 0.1) is 17.8 Å². The zero-order valence-corrected chi connectivity index (χ0v) is 12.7. The molecular formula is C15H28NS+. The molecule has 0 heterocycles. The van der Waals surface area contributed by atoms with Gasteiger partial charge < -0.3 is 4.90 Å². The molecule has 2 bridgehead atoms. The average molecular weight is 254 g/mol. The highest BCUT2D eigenvalue weighted by molar-refractivity contribution is 7.96. The summed E-state index contributed by atoms with van der Waals surface area (Å²) < 4.78 is 0. The molecule has 0 saturated heterocycles. The molecular weight excluding hydrogens is 226 g/mol. The van der Waals surface area contributed by atoms with Gasteiger partial charge >= 0.3 is 0 Å². The largest absolute Gasteiger partial charge is 0.309 e. The first-order valence-electron chi connectivity index (χ1n) is 6.95. The lowest BCUT2D eigenvalue weighted by Crippen LogP contribution is -2.28. The Hall–Kier alpha value is 0.0500. The van der Waals surface area contributed by atoms with Crippen molar-refractivity contribution in [2.45, 2.75) is 30.9 Å². The van der Waals surface area contributed by atoms with E-state index >= 15 is 0 Å². The van der Waals surface area contributed by atoms with Crippen LogP contribution in [-0.2, 0) is 10.9 Å². The Balaban J connectivity index is 1.83. The fraction of sp³-hybridized carbons (Fsp3) is 0.867. The van der Waals surface area contributed by atoms with Gasteiger partial charge in [-0.15, -0.1) is 0 Å². The quantitative estimate of drug-likeness (QED) is 0.520. The van der Waals surface area contributed by atoms with Gasteiger partial charge in [0.25, 0.3) is 0 Å². The van der Waals surface area contributed by atoms with Crippen molar-refractivity contribution < 1.29 is 0 Å². The molecule has 4 unspecified atom stereocenters. The Morgan fingerprint density at radius 3 is 2.47 bits per heavy atom. The van der Waals surface area contributed by atoms with Gasteiger partial charge in [0.2, 0.25) is 0 Å². The predicted octanol–water partition coefficient (Wildman–Crippen LogP) is 2.79. The van der Waals surface area contributed by atoms with E-state index in [1.807, 2.05) is 0 Å². The maximum atomic E-state index is 2.51. The summed E-state index contributed by atoms with van der Waals surface area (Å²) in [7, 11) is 4.97. The van der Waals surface area contributed by atoms with E-state index in [9.17, 15) is 0 Å². The van der Waals surface area contributed by atoms with Gasteiger partial charge in [0.05, 0.1) is 12.5 Å². The highest BCUT2D eigenvalue weighted by atomic mass is 32.2. The third-order valence-electron chi connectivity index (χ3n) is 4.55. The van der Waals surface area contributed by atoms with Crippen LogP contribution in [0.25, 0.3) is 0 Å². The summed E-state index contributed by atoms with van der Waals surface area (Å²) in [5.41, 5.74) is 0. The van der Waals surface area contributed by atoms with Crippen LogP contribution in [0.3, 0.4) is 0 Å². The van der Waals surface area contributed by atoms with Crippen molar-refractivity contribution in [1.82, 2.24) is 4.90 Å². The smallest absolute Gasteiger partial charge is 0.119 e. The molecule has 17 heavy (non-hydrogen) atoms. The number of rotatable bonds is 6. The van der Waals surface area contributed by atoms with Crippen LogP contribution < -0.4 is 0 Å². The highest BCUT2D eigenvalue weighted by Gasteiger charge is 2.38. The third-order valence-corrected chi connectivity index (χ3v) is 6.31. The van der Waals surface area contributed by atoms with Crippen molar-refractivity contribution in [3.8, 4) is 0 Å². The normalized spacial score (nSPS) is 32.9. The van der Waals surface area contributed by atoms with Crippen LogP contribution in [0.5, 0.6) is 0 Å². The molecule has 1 saturated carbocycles. The van der Waals surface area contributed by atoms with Gasteiger partial charge in [0, 0.05) is 13.0 Å². The molecule has 2 aliphatic carbocycles. The van der Waals surface area contributed by atoms with Crippen LogP contribution in [0.15, 0.2) is 12.2 Å². The molecule has 0 radical (unpaired) electrons. The molecule has 0 aromatic rings. The molecule has 0 spiro atoms. The maximum Gasteiger partial charge on any atom is 0.119 e. The molecule has 1 nitrogen and oxygen atoms in total. The monoisotopic (exact) mass is 254 g/mol. The Kier molecular flexibility index (Phi) is 4.59. The molecule has 0 aromatic heterocycles. The van der Waals surface area contributed by atoms with Gasteiger partial charge in [-0.3, -0.25) is 0 Å². The summed E-state index contributed by atoms with van der Waals surface area (Å²) in [4.78, 5) is 2.33. The summed E-state index contributed by atoms with van der Waals surface area (Å²) in [6.07, 6.45) is 15.7. The first kappa shape index (κ1) is 13.5. The van der Waals surface area contributed by atoms with E-state index in [-0.39, 0.29) is 0 Å². The molecule has 2 heteroatoms. The molecule has 0 aliphatic heterocycles. The summed E-state index contributed by atoms with van der Waals surface area (Å²) in [5, 5.41) is 0.954. The summed E-state index contributed by atoms with van der Waals surface area (Å²) in [6.45, 7) is 1.26. The Bertz CT molecular complexity index is 272. The van der Waals surface area contributed by atoms with Gasteiger partial charge in [0.1, 0.15) is 5.25 Å². The van der Waals surface area contributed by atoms with Crippen LogP contribution in [0.1, 0.15) is 25.7 Å². The Morgan fingerprint density at radius 2 is 2.00 bits per heavy atom. The predicted molar refractivity (Wildman–Crippen MR) is 79.6 cm³/mol. The third kappa shape index (κ3) is 3.51. The Labute approximate surface area is 110 Å². The van der Waals surface area contributed by atoms with Crippen molar-refractivity contribution in [3.05, 3.63) is 12.2 Å². The fourth-order valence-corrected chi connectivity index (χ4v) is 4.66. The minimum Gasteiger partial charge on any atom is -0.309 e. The minimum atomic E-state index is 0.581. The van der Waals surface area contributed by atoms with Crippen molar-refractivity contribution in [1.29, 1.82) is 0 Å². The van der Waals surface area contributed by atoms with Crippen molar-refractivity contribution in [2.75, 3.05) is 33.2 Å². The van der Waals surface area contributed by atoms with Gasteiger partial charge in [-0.2, -0.15) is 0 Å². The first-order chi connectivity index (χ1) is 8.06. The molecule has 0 aromatic carbocycles. The number of hydrogen-bond acceptors (Lipinski definition) is 1. The topological polar surface area (TPSA) is 3.24 Å². The van der Waals surface area contributed by atoms with E-state index in [4.69, 9.17) is 0 Å². The summed E-state index contributed by atoms with van der Waals surface area (Å²) in [6, 6.07) is 0. The van der Waals surface area contributed by atoms with Crippen LogP contribution in [-0.4, -0.2) is 43.3 Å². The lowest BCUT2D eigenvalue weighted by molar-refractivity contribution is 0.361. The van der Waals surface area contributed by atoms with Crippen molar-refractivity contribution in [2.24, 2.45) is 17.8 Å². The van der Waals surface area contributed by atoms with Crippen LogP contribution >= 0.6 is 0 Å². The lowest BCUT2D eigenvalue weighted by Gasteiger charge is -2.23. The summed E-state index contributed by atoms with van der Waals surface area (Å²) >= 11 is 0. The second-order valence-electron chi connectivity index (χ2n) is 6.37. The molecule has 0 amide bonds. The van der Waals surface area contributed by atoms with E-state index in [0.29, 0.717) is 10.9 Å². The Morgan fingerprint density at radius 1 is 1.24 bits per heavy atom. The van der Waals surface area contributed by atoms with Gasteiger partial charge in [-0.25, -0.2) is 0 Å². The number of allylic oxidation sites excluding steroid dienone is 2. The van der Waals surface area contributed by atoms with E-state index < -0.39 is 0 Å². The second-order valence-corrected chi connectivity index (χ2v) is 8.80. The van der Waals surface area contributed by atoms with Gasteiger partial charge in [-0.1, -0.05) is 12.2 Å². The number of nitrogens with zero attached hydrogens (tertiary/aromatic N) is 1. The van der Waals surface area contributed by atoms with E-state index in [0.717, 1.165) is 23.0 Å². The number of fused-ring (bicyclic) bond motifs is 2. The van der Waals surface area contributed by atoms with E-state index in [1.54, 1.807) is 0 Å². The standard InChI is InChI=1S/C15H28NS/c1-16(2)8-7-15(17(3)4)11-14-10-12-5-6-13(14)9-12/h5-6,12-15H,7-11H2,1-4H3/q+1. The first-order valence-corrected chi connectivity index (χ1v) is 9.06. The second kappa shape index (κ2) is 5.79. The molecule has 2 rings (SSSR count). The highest BCUT2D eigenvalue weighted by Crippen LogP contribution is 2.46. The minimum absolute atomic E-state index is 0.581. The SMILES string of the molecule is CN(C)CCC(CC1CC2C=CC1C2)[S+](C)C. The van der Waals surface area contributed by atoms with Gasteiger partial charge in [0.15, 0.2) is 0 Å². The lowest BCUT2D eigenvalue weighted by atomic mass is 9.88. The molecule has 98 valence electrons. The zero-order valence-electron chi connectivity index (χ0n) is 11.9. The molecule has 1 fully saturated rings. The maximum absolute atomic E-state index is 2.51. The summed E-state index contributed by atoms with van der Waals surface area (Å²) in [5.74, 6) is 2.88. The average Bonchev–Trinajstić information content (AvgIpc) is 2.84. The number of hydrogen-bond donors (Lipinski definition) is 0. The molecule has 4 atom stereocenters. The van der Waals surface area contributed by atoms with Crippen molar-refractivity contribution in [3.63, 3.8) is 0 Å². The fourth-order valence-electron chi connectivity index (χ4n) is 3.45. The molecule has 2 aliphatic rings. The van der Waals surface area contributed by atoms with E-state index in [2.05, 4.69) is 43.7 Å². The van der Waals surface area contributed by atoms with Crippen molar-refractivity contribution >= 4 is 10.9 Å². The van der Waals surface area contributed by atoms with Gasteiger partial charge in [-0.05, 0) is 62.0 Å². The molecule has 0 N–H and O–H groups in total. The van der Waals surface area contributed by atoms with E-state index in [1.165, 1.54) is 32.2 Å².